The summed E-state index contributed by atoms with van der Waals surface area (Å²) in [6, 6.07) is 11.7. The molecule has 0 spiro atoms. The number of nitrogens with two attached hydrogens (primary N) is 1. The first kappa shape index (κ1) is 13.9. The predicted molar refractivity (Wildman–Crippen MR) is 74.0 cm³/mol. The Hall–Kier alpha value is -2.53. The number of benzene rings is 2. The number of amides is 1. The number of carbonyl (C=O) groups is 1. The van der Waals surface area contributed by atoms with Crippen LogP contribution in [0.2, 0.25) is 0 Å². The zero-order valence-corrected chi connectivity index (χ0v) is 11.0. The third-order valence-corrected chi connectivity index (χ3v) is 2.78. The summed E-state index contributed by atoms with van der Waals surface area (Å²) >= 11 is 0. The number of primary amides is 1. The van der Waals surface area contributed by atoms with E-state index in [9.17, 15) is 4.79 Å². The molecule has 0 aromatic heterocycles. The van der Waals surface area contributed by atoms with Gasteiger partial charge in [0, 0.05) is 0 Å². The van der Waals surface area contributed by atoms with Crippen molar-refractivity contribution in [3.8, 4) is 17.2 Å². The fraction of sp³-hybridized carbons (Fsp3) is 0.133. The zero-order chi connectivity index (χ0) is 14.5. The van der Waals surface area contributed by atoms with Crippen molar-refractivity contribution < 1.29 is 19.4 Å². The number of carbonyl (C=O) groups excluding carboxylic acids is 1. The second-order valence-corrected chi connectivity index (χ2v) is 4.11. The average molecular weight is 273 g/mol. The molecule has 0 saturated heterocycles. The van der Waals surface area contributed by atoms with E-state index in [0.717, 1.165) is 0 Å². The summed E-state index contributed by atoms with van der Waals surface area (Å²) in [5.74, 6) is 0.704. The van der Waals surface area contributed by atoms with E-state index in [1.165, 1.54) is 7.11 Å². The van der Waals surface area contributed by atoms with E-state index in [4.69, 9.17) is 20.3 Å². The van der Waals surface area contributed by atoms with Gasteiger partial charge in [-0.15, -0.1) is 0 Å². The molecule has 0 saturated carbocycles. The number of aliphatic hydroxyl groups is 1. The standard InChI is InChI=1S/C15H15NO4/c1-19-14-8-10(9-17)6-7-13(14)20-12-5-3-2-4-11(12)15(16)18/h2-8,17H,9H2,1H3,(H2,16,18). The molecule has 0 fully saturated rings. The van der Waals surface area contributed by atoms with Crippen molar-refractivity contribution in [2.45, 2.75) is 6.61 Å². The molecular formula is C15H15NO4. The number of methoxy groups -OCH3 is 1. The second-order valence-electron chi connectivity index (χ2n) is 4.11. The van der Waals surface area contributed by atoms with Crippen molar-refractivity contribution in [2.75, 3.05) is 7.11 Å². The number of aliphatic hydroxyl groups excluding tert-OH is 1. The minimum Gasteiger partial charge on any atom is -0.493 e. The van der Waals surface area contributed by atoms with E-state index >= 15 is 0 Å². The molecule has 104 valence electrons. The van der Waals surface area contributed by atoms with Gasteiger partial charge < -0.3 is 20.3 Å². The molecular weight excluding hydrogens is 258 g/mol. The van der Waals surface area contributed by atoms with Crippen molar-refractivity contribution in [2.24, 2.45) is 5.73 Å². The Morgan fingerprint density at radius 3 is 2.55 bits per heavy atom. The first-order valence-corrected chi connectivity index (χ1v) is 6.00. The van der Waals surface area contributed by atoms with Crippen molar-refractivity contribution in [3.05, 3.63) is 53.6 Å². The quantitative estimate of drug-likeness (QED) is 0.873. The van der Waals surface area contributed by atoms with E-state index in [1.54, 1.807) is 42.5 Å². The van der Waals surface area contributed by atoms with Crippen LogP contribution in [0.4, 0.5) is 0 Å². The van der Waals surface area contributed by atoms with Crippen LogP contribution in [0.25, 0.3) is 0 Å². The lowest BCUT2D eigenvalue weighted by Crippen LogP contribution is -2.12. The van der Waals surface area contributed by atoms with Crippen molar-refractivity contribution in [3.63, 3.8) is 0 Å². The van der Waals surface area contributed by atoms with Crippen LogP contribution in [0.15, 0.2) is 42.5 Å². The fourth-order valence-electron chi connectivity index (χ4n) is 1.77. The molecule has 2 rings (SSSR count). The Labute approximate surface area is 116 Å². The molecule has 3 N–H and O–H groups in total. The van der Waals surface area contributed by atoms with Gasteiger partial charge in [0.25, 0.3) is 5.91 Å². The fourth-order valence-corrected chi connectivity index (χ4v) is 1.77. The second kappa shape index (κ2) is 6.08. The molecule has 0 atom stereocenters. The highest BCUT2D eigenvalue weighted by molar-refractivity contribution is 5.95. The van der Waals surface area contributed by atoms with Gasteiger partial charge in [-0.05, 0) is 29.8 Å². The van der Waals surface area contributed by atoms with Crippen LogP contribution in [0.5, 0.6) is 17.2 Å². The molecule has 0 radical (unpaired) electrons. The van der Waals surface area contributed by atoms with Crippen molar-refractivity contribution in [1.82, 2.24) is 0 Å². The lowest BCUT2D eigenvalue weighted by atomic mass is 10.2. The van der Waals surface area contributed by atoms with Crippen LogP contribution in [0.3, 0.4) is 0 Å². The highest BCUT2D eigenvalue weighted by Gasteiger charge is 2.12. The summed E-state index contributed by atoms with van der Waals surface area (Å²) < 4.78 is 10.9. The molecule has 1 amide bonds. The summed E-state index contributed by atoms with van der Waals surface area (Å²) in [4.78, 5) is 11.3. The predicted octanol–water partition coefficient (Wildman–Crippen LogP) is 2.08. The first-order chi connectivity index (χ1) is 9.65. The van der Waals surface area contributed by atoms with Crippen molar-refractivity contribution in [1.29, 1.82) is 0 Å². The summed E-state index contributed by atoms with van der Waals surface area (Å²) in [5, 5.41) is 9.10. The summed E-state index contributed by atoms with van der Waals surface area (Å²) in [6.45, 7) is -0.0888. The van der Waals surface area contributed by atoms with Gasteiger partial charge in [-0.2, -0.15) is 0 Å². The van der Waals surface area contributed by atoms with Crippen LogP contribution in [-0.4, -0.2) is 18.1 Å². The molecule has 5 heteroatoms. The normalized spacial score (nSPS) is 10.1. The first-order valence-electron chi connectivity index (χ1n) is 6.00. The molecule has 20 heavy (non-hydrogen) atoms. The largest absolute Gasteiger partial charge is 0.493 e. The molecule has 0 bridgehead atoms. The van der Waals surface area contributed by atoms with Gasteiger partial charge in [0.15, 0.2) is 11.5 Å². The van der Waals surface area contributed by atoms with Crippen LogP contribution < -0.4 is 15.2 Å². The molecule has 2 aromatic carbocycles. The van der Waals surface area contributed by atoms with Gasteiger partial charge in [-0.25, -0.2) is 0 Å². The van der Waals surface area contributed by atoms with Gasteiger partial charge in [0.2, 0.25) is 0 Å². The lowest BCUT2D eigenvalue weighted by molar-refractivity contribution is 0.0998. The smallest absolute Gasteiger partial charge is 0.252 e. The maximum atomic E-state index is 11.3. The highest BCUT2D eigenvalue weighted by atomic mass is 16.5. The Bertz CT molecular complexity index is 625. The van der Waals surface area contributed by atoms with Gasteiger partial charge in [0.1, 0.15) is 5.75 Å². The monoisotopic (exact) mass is 273 g/mol. The number of para-hydroxylation sites is 1. The topological polar surface area (TPSA) is 81.8 Å². The summed E-state index contributed by atoms with van der Waals surface area (Å²) in [6.07, 6.45) is 0. The molecule has 2 aromatic rings. The Morgan fingerprint density at radius 2 is 1.90 bits per heavy atom. The maximum Gasteiger partial charge on any atom is 0.252 e. The minimum atomic E-state index is -0.563. The van der Waals surface area contributed by atoms with Crippen LogP contribution in [-0.2, 0) is 6.61 Å². The third-order valence-electron chi connectivity index (χ3n) is 2.78. The minimum absolute atomic E-state index is 0.0888. The Morgan fingerprint density at radius 1 is 1.15 bits per heavy atom. The molecule has 0 unspecified atom stereocenters. The van der Waals surface area contributed by atoms with E-state index in [1.807, 2.05) is 0 Å². The van der Waals surface area contributed by atoms with E-state index in [2.05, 4.69) is 0 Å². The molecule has 0 aliphatic carbocycles. The molecule has 0 aliphatic rings. The molecule has 5 nitrogen and oxygen atoms in total. The van der Waals surface area contributed by atoms with Gasteiger partial charge in [-0.1, -0.05) is 18.2 Å². The lowest BCUT2D eigenvalue weighted by Gasteiger charge is -2.13. The Balaban J connectivity index is 2.37. The van der Waals surface area contributed by atoms with E-state index in [-0.39, 0.29) is 6.61 Å². The van der Waals surface area contributed by atoms with Crippen LogP contribution >= 0.6 is 0 Å². The van der Waals surface area contributed by atoms with Crippen molar-refractivity contribution >= 4 is 5.91 Å². The third kappa shape index (κ3) is 2.89. The Kier molecular flexibility index (Phi) is 4.22. The number of ether oxygens (including phenoxy) is 2. The number of hydrogen-bond acceptors (Lipinski definition) is 4. The number of hydrogen-bond donors (Lipinski definition) is 2. The van der Waals surface area contributed by atoms with Gasteiger partial charge in [-0.3, -0.25) is 4.79 Å². The summed E-state index contributed by atoms with van der Waals surface area (Å²) in [7, 11) is 1.50. The maximum absolute atomic E-state index is 11.3. The van der Waals surface area contributed by atoms with Crippen LogP contribution in [0, 0.1) is 0 Å². The van der Waals surface area contributed by atoms with Crippen LogP contribution in [0.1, 0.15) is 15.9 Å². The zero-order valence-electron chi connectivity index (χ0n) is 11.0. The SMILES string of the molecule is COc1cc(CO)ccc1Oc1ccccc1C(N)=O. The highest BCUT2D eigenvalue weighted by Crippen LogP contribution is 2.33. The summed E-state index contributed by atoms with van der Waals surface area (Å²) in [5.41, 5.74) is 6.30. The van der Waals surface area contributed by atoms with E-state index < -0.39 is 5.91 Å². The number of rotatable bonds is 5. The van der Waals surface area contributed by atoms with E-state index in [0.29, 0.717) is 28.4 Å². The van der Waals surface area contributed by atoms with Gasteiger partial charge in [0.05, 0.1) is 19.3 Å². The van der Waals surface area contributed by atoms with Gasteiger partial charge >= 0.3 is 0 Å². The molecule has 0 aliphatic heterocycles. The molecule has 0 heterocycles. The average Bonchev–Trinajstić information content (AvgIpc) is 2.48.